The number of hydrogen-bond donors (Lipinski definition) is 1. The summed E-state index contributed by atoms with van der Waals surface area (Å²) in [6.07, 6.45) is -4.41. The fourth-order valence-corrected chi connectivity index (χ4v) is 4.26. The van der Waals surface area contributed by atoms with Gasteiger partial charge in [0.1, 0.15) is 0 Å². The minimum Gasteiger partial charge on any atom is -0.379 e. The van der Waals surface area contributed by atoms with Crippen molar-refractivity contribution in [3.63, 3.8) is 0 Å². The van der Waals surface area contributed by atoms with Gasteiger partial charge in [-0.2, -0.15) is 18.4 Å². The third kappa shape index (κ3) is 5.70. The van der Waals surface area contributed by atoms with Gasteiger partial charge in [0, 0.05) is 30.8 Å². The molecule has 1 saturated heterocycles. The molecule has 1 N–H and O–H groups in total. The van der Waals surface area contributed by atoms with Crippen molar-refractivity contribution in [3.05, 3.63) is 95.1 Å². The zero-order valence-electron chi connectivity index (χ0n) is 18.9. The van der Waals surface area contributed by atoms with E-state index in [1.807, 2.05) is 6.07 Å². The molecule has 3 aromatic carbocycles. The van der Waals surface area contributed by atoms with Gasteiger partial charge in [-0.3, -0.25) is 9.69 Å². The number of alkyl halides is 3. The topological polar surface area (TPSA) is 65.4 Å². The summed E-state index contributed by atoms with van der Waals surface area (Å²) in [4.78, 5) is 15.4. The van der Waals surface area contributed by atoms with Crippen LogP contribution < -0.4 is 5.32 Å². The van der Waals surface area contributed by atoms with E-state index in [9.17, 15) is 23.2 Å². The van der Waals surface area contributed by atoms with Gasteiger partial charge in [-0.15, -0.1) is 0 Å². The van der Waals surface area contributed by atoms with E-state index in [4.69, 9.17) is 4.74 Å². The van der Waals surface area contributed by atoms with Gasteiger partial charge >= 0.3 is 6.18 Å². The van der Waals surface area contributed by atoms with Crippen molar-refractivity contribution in [1.29, 1.82) is 5.26 Å². The zero-order chi connectivity index (χ0) is 24.8. The molecule has 1 aliphatic heterocycles. The lowest BCUT2D eigenvalue weighted by molar-refractivity contribution is -0.137. The van der Waals surface area contributed by atoms with Crippen LogP contribution in [-0.4, -0.2) is 43.7 Å². The van der Waals surface area contributed by atoms with Crippen molar-refractivity contribution in [2.75, 3.05) is 32.8 Å². The molecule has 0 aliphatic carbocycles. The number of hydrogen-bond acceptors (Lipinski definition) is 4. The highest BCUT2D eigenvalue weighted by Gasteiger charge is 2.31. The smallest absolute Gasteiger partial charge is 0.379 e. The van der Waals surface area contributed by atoms with E-state index in [-0.39, 0.29) is 18.5 Å². The molecular weight excluding hydrogens is 455 g/mol. The molecular formula is C27H24F3N3O2. The second-order valence-electron chi connectivity index (χ2n) is 8.20. The van der Waals surface area contributed by atoms with Gasteiger partial charge in [-0.25, -0.2) is 0 Å². The van der Waals surface area contributed by atoms with Crippen molar-refractivity contribution >= 4 is 5.91 Å². The molecule has 0 saturated carbocycles. The number of amides is 1. The van der Waals surface area contributed by atoms with Crippen LogP contribution in [0.2, 0.25) is 0 Å². The Labute approximate surface area is 201 Å². The third-order valence-corrected chi connectivity index (χ3v) is 6.07. The maximum Gasteiger partial charge on any atom is 0.416 e. The Hall–Kier alpha value is -3.67. The summed E-state index contributed by atoms with van der Waals surface area (Å²) >= 11 is 0. The lowest BCUT2D eigenvalue weighted by Crippen LogP contribution is -2.43. The first-order valence-electron chi connectivity index (χ1n) is 11.2. The average molecular weight is 480 g/mol. The van der Waals surface area contributed by atoms with Crippen molar-refractivity contribution in [1.82, 2.24) is 10.2 Å². The van der Waals surface area contributed by atoms with Crippen molar-refractivity contribution in [3.8, 4) is 17.2 Å². The maximum absolute atomic E-state index is 13.3. The quantitative estimate of drug-likeness (QED) is 0.538. The predicted molar refractivity (Wildman–Crippen MR) is 126 cm³/mol. The van der Waals surface area contributed by atoms with Crippen LogP contribution >= 0.6 is 0 Å². The fourth-order valence-electron chi connectivity index (χ4n) is 4.26. The summed E-state index contributed by atoms with van der Waals surface area (Å²) in [5, 5.41) is 12.4. The monoisotopic (exact) mass is 479 g/mol. The molecule has 0 bridgehead atoms. The molecule has 1 aliphatic rings. The highest BCUT2D eigenvalue weighted by Crippen LogP contribution is 2.31. The molecule has 5 nitrogen and oxygen atoms in total. The first-order chi connectivity index (χ1) is 16.9. The number of nitriles is 1. The molecule has 1 atom stereocenters. The molecule has 180 valence electrons. The number of nitrogens with zero attached hydrogens (tertiary/aromatic N) is 2. The molecule has 8 heteroatoms. The van der Waals surface area contributed by atoms with Gasteiger partial charge in [0.2, 0.25) is 0 Å². The van der Waals surface area contributed by atoms with Gasteiger partial charge in [0.05, 0.1) is 36.5 Å². The number of morpholine rings is 1. The lowest BCUT2D eigenvalue weighted by Gasteiger charge is -2.35. The minimum atomic E-state index is -4.41. The number of ether oxygens (including phenoxy) is 1. The second kappa shape index (κ2) is 10.7. The summed E-state index contributed by atoms with van der Waals surface area (Å²) in [6, 6.07) is 21.0. The molecule has 0 spiro atoms. The molecule has 0 radical (unpaired) electrons. The van der Waals surface area contributed by atoms with Crippen LogP contribution in [0, 0.1) is 11.3 Å². The van der Waals surface area contributed by atoms with Gasteiger partial charge in [0.15, 0.2) is 0 Å². The molecule has 4 rings (SSSR count). The van der Waals surface area contributed by atoms with Crippen molar-refractivity contribution in [2.24, 2.45) is 0 Å². The summed E-state index contributed by atoms with van der Waals surface area (Å²) in [6.45, 7) is 2.44. The van der Waals surface area contributed by atoms with Crippen LogP contribution in [0.3, 0.4) is 0 Å². The summed E-state index contributed by atoms with van der Waals surface area (Å²) in [5.41, 5.74) is 2.15. The van der Waals surface area contributed by atoms with Gasteiger partial charge < -0.3 is 10.1 Å². The Morgan fingerprint density at radius 1 is 0.971 bits per heavy atom. The first-order valence-corrected chi connectivity index (χ1v) is 11.2. The molecule has 1 fully saturated rings. The molecule has 1 amide bonds. The third-order valence-electron chi connectivity index (χ3n) is 6.07. The van der Waals surface area contributed by atoms with Gasteiger partial charge in [-0.1, -0.05) is 48.5 Å². The van der Waals surface area contributed by atoms with E-state index in [1.54, 1.807) is 42.5 Å². The number of benzene rings is 3. The van der Waals surface area contributed by atoms with Crippen LogP contribution in [-0.2, 0) is 10.9 Å². The summed E-state index contributed by atoms with van der Waals surface area (Å²) < 4.78 is 44.6. The van der Waals surface area contributed by atoms with E-state index in [1.165, 1.54) is 12.1 Å². The van der Waals surface area contributed by atoms with E-state index in [0.29, 0.717) is 54.1 Å². The van der Waals surface area contributed by atoms with Crippen LogP contribution in [0.25, 0.3) is 11.1 Å². The number of rotatable bonds is 6. The summed E-state index contributed by atoms with van der Waals surface area (Å²) in [7, 11) is 0. The maximum atomic E-state index is 13.3. The van der Waals surface area contributed by atoms with E-state index in [0.717, 1.165) is 12.1 Å². The molecule has 0 aromatic heterocycles. The Kier molecular flexibility index (Phi) is 7.49. The number of halogens is 3. The largest absolute Gasteiger partial charge is 0.416 e. The molecule has 1 heterocycles. The Balaban J connectivity index is 1.58. The summed E-state index contributed by atoms with van der Waals surface area (Å²) in [5.74, 6) is -0.321. The fraction of sp³-hybridized carbons (Fsp3) is 0.259. The lowest BCUT2D eigenvalue weighted by atomic mass is 9.95. The molecule has 3 aromatic rings. The van der Waals surface area contributed by atoms with E-state index >= 15 is 0 Å². The second-order valence-corrected chi connectivity index (χ2v) is 8.20. The first kappa shape index (κ1) is 24.5. The SMILES string of the molecule is N#Cc1ccccc1-c1ccccc1C(=O)NCC(c1ccc(C(F)(F)F)cc1)N1CCOCC1. The van der Waals surface area contributed by atoms with Crippen molar-refractivity contribution in [2.45, 2.75) is 12.2 Å². The van der Waals surface area contributed by atoms with Crippen molar-refractivity contribution < 1.29 is 22.7 Å². The Morgan fingerprint density at radius 2 is 1.60 bits per heavy atom. The molecule has 1 unspecified atom stereocenters. The predicted octanol–water partition coefficient (Wildman–Crippen LogP) is 5.05. The normalized spacial score (nSPS) is 15.3. The van der Waals surface area contributed by atoms with Gasteiger partial charge in [-0.05, 0) is 35.4 Å². The van der Waals surface area contributed by atoms with Crippen LogP contribution in [0.4, 0.5) is 13.2 Å². The number of nitrogens with one attached hydrogen (secondary N) is 1. The van der Waals surface area contributed by atoms with Crippen LogP contribution in [0.1, 0.15) is 33.1 Å². The van der Waals surface area contributed by atoms with E-state index < -0.39 is 11.7 Å². The van der Waals surface area contributed by atoms with Crippen LogP contribution in [0.15, 0.2) is 72.8 Å². The standard InChI is InChI=1S/C27H24F3N3O2/c28-27(29,30)21-11-9-19(10-12-21)25(33-13-15-35-16-14-33)18-32-26(34)24-8-4-3-7-23(24)22-6-2-1-5-20(22)17-31/h1-12,25H,13-16,18H2,(H,32,34). The Morgan fingerprint density at radius 3 is 2.26 bits per heavy atom. The number of carbonyl (C=O) groups is 1. The zero-order valence-corrected chi connectivity index (χ0v) is 18.9. The van der Waals surface area contributed by atoms with Crippen LogP contribution in [0.5, 0.6) is 0 Å². The number of carbonyl (C=O) groups excluding carboxylic acids is 1. The Bertz CT molecular complexity index is 1210. The van der Waals surface area contributed by atoms with Gasteiger partial charge in [0.25, 0.3) is 5.91 Å². The van der Waals surface area contributed by atoms with E-state index in [2.05, 4.69) is 16.3 Å². The minimum absolute atomic E-state index is 0.207. The highest BCUT2D eigenvalue weighted by atomic mass is 19.4. The highest BCUT2D eigenvalue weighted by molar-refractivity contribution is 6.01. The molecule has 35 heavy (non-hydrogen) atoms. The average Bonchev–Trinajstić information content (AvgIpc) is 2.89.